The lowest BCUT2D eigenvalue weighted by Crippen LogP contribution is -2.42. The molecule has 0 aromatic carbocycles. The van der Waals surface area contributed by atoms with Crippen molar-refractivity contribution in [3.8, 4) is 0 Å². The summed E-state index contributed by atoms with van der Waals surface area (Å²) >= 11 is 0. The molecule has 0 aromatic heterocycles. The van der Waals surface area contributed by atoms with E-state index >= 15 is 0 Å². The van der Waals surface area contributed by atoms with E-state index in [-0.39, 0.29) is 0 Å². The van der Waals surface area contributed by atoms with E-state index in [9.17, 15) is 0 Å². The second kappa shape index (κ2) is 7.83. The number of unbranched alkanes of at least 4 members (excludes halogenated alkanes) is 1. The molecule has 1 aliphatic rings. The summed E-state index contributed by atoms with van der Waals surface area (Å²) in [6, 6.07) is 0.812. The minimum absolute atomic E-state index is 0.315. The number of epoxide rings is 1. The van der Waals surface area contributed by atoms with E-state index in [1.807, 2.05) is 6.08 Å². The fourth-order valence-corrected chi connectivity index (χ4v) is 3.21. The maximum atomic E-state index is 5.33. The van der Waals surface area contributed by atoms with Gasteiger partial charge in [0.1, 0.15) is 12.7 Å². The first-order chi connectivity index (χ1) is 8.26. The number of hydrogen-bond acceptors (Lipinski definition) is 5. The highest BCUT2D eigenvalue weighted by atomic mass is 28.4. The molecule has 0 amide bonds. The summed E-state index contributed by atoms with van der Waals surface area (Å²) in [5, 5.41) is 0. The van der Waals surface area contributed by atoms with Crippen molar-refractivity contribution in [1.82, 2.24) is 0 Å². The Balaban J connectivity index is 2.04. The highest BCUT2D eigenvalue weighted by molar-refractivity contribution is 6.60. The zero-order valence-electron chi connectivity index (χ0n) is 10.8. The Bertz CT molecular complexity index is 218. The predicted molar refractivity (Wildman–Crippen MR) is 65.7 cm³/mol. The molecule has 0 N–H and O–H groups in total. The van der Waals surface area contributed by atoms with Crippen LogP contribution in [0.15, 0.2) is 12.3 Å². The first-order valence-electron chi connectivity index (χ1n) is 5.80. The molecule has 0 aliphatic carbocycles. The third-order valence-corrected chi connectivity index (χ3v) is 5.50. The van der Waals surface area contributed by atoms with Crippen LogP contribution in [-0.2, 0) is 22.8 Å². The number of rotatable bonds is 10. The summed E-state index contributed by atoms with van der Waals surface area (Å²) < 4.78 is 26.3. The van der Waals surface area contributed by atoms with Crippen LogP contribution in [0.1, 0.15) is 12.8 Å². The van der Waals surface area contributed by atoms with Gasteiger partial charge in [0.05, 0.1) is 12.9 Å². The molecule has 1 heterocycles. The van der Waals surface area contributed by atoms with Gasteiger partial charge in [-0.3, -0.25) is 0 Å². The fraction of sp³-hybridized carbons (Fsp3) is 0.818. The topological polar surface area (TPSA) is 49.5 Å². The highest BCUT2D eigenvalue weighted by Gasteiger charge is 2.36. The van der Waals surface area contributed by atoms with Crippen molar-refractivity contribution < 1.29 is 22.8 Å². The zero-order chi connectivity index (χ0) is 12.6. The molecule has 0 spiro atoms. The van der Waals surface area contributed by atoms with E-state index < -0.39 is 8.80 Å². The Labute approximate surface area is 104 Å². The summed E-state index contributed by atoms with van der Waals surface area (Å²) in [6.45, 7) is 1.49. The molecule has 5 nitrogen and oxygen atoms in total. The first kappa shape index (κ1) is 14.7. The lowest BCUT2D eigenvalue weighted by atomic mass is 10.3. The zero-order valence-corrected chi connectivity index (χ0v) is 11.8. The number of ether oxygens (including phenoxy) is 2. The van der Waals surface area contributed by atoms with Crippen LogP contribution in [0.4, 0.5) is 0 Å². The van der Waals surface area contributed by atoms with Crippen molar-refractivity contribution in [3.05, 3.63) is 12.3 Å². The van der Waals surface area contributed by atoms with Gasteiger partial charge in [-0.1, -0.05) is 0 Å². The molecular weight excluding hydrogens is 240 g/mol. The quantitative estimate of drug-likeness (QED) is 0.259. The van der Waals surface area contributed by atoms with Crippen molar-refractivity contribution in [2.24, 2.45) is 0 Å². The lowest BCUT2D eigenvalue weighted by Gasteiger charge is -2.23. The molecule has 17 heavy (non-hydrogen) atoms. The minimum Gasteiger partial charge on any atom is -0.499 e. The molecule has 0 bridgehead atoms. The Morgan fingerprint density at radius 3 is 2.41 bits per heavy atom. The molecule has 0 radical (unpaired) electrons. The van der Waals surface area contributed by atoms with E-state index in [0.29, 0.717) is 12.7 Å². The van der Waals surface area contributed by atoms with Gasteiger partial charge in [-0.2, -0.15) is 0 Å². The van der Waals surface area contributed by atoms with Crippen molar-refractivity contribution in [2.75, 3.05) is 34.5 Å². The summed E-state index contributed by atoms with van der Waals surface area (Å²) in [5.41, 5.74) is 0. The number of allylic oxidation sites excluding steroid dienone is 1. The largest absolute Gasteiger partial charge is 0.500 e. The van der Waals surface area contributed by atoms with Crippen LogP contribution >= 0.6 is 0 Å². The van der Waals surface area contributed by atoms with Gasteiger partial charge in [-0.05, 0) is 18.9 Å². The Hall–Kier alpha value is -0.403. The van der Waals surface area contributed by atoms with Gasteiger partial charge < -0.3 is 22.8 Å². The summed E-state index contributed by atoms with van der Waals surface area (Å²) in [4.78, 5) is 0. The van der Waals surface area contributed by atoms with E-state index in [1.165, 1.54) is 0 Å². The second-order valence-electron chi connectivity index (χ2n) is 3.85. The van der Waals surface area contributed by atoms with Crippen LogP contribution in [-0.4, -0.2) is 49.5 Å². The average Bonchev–Trinajstić information content (AvgIpc) is 3.18. The van der Waals surface area contributed by atoms with Crippen LogP contribution in [0.3, 0.4) is 0 Å². The molecule has 0 saturated carbocycles. The van der Waals surface area contributed by atoms with Crippen LogP contribution < -0.4 is 0 Å². The normalized spacial score (nSPS) is 19.8. The van der Waals surface area contributed by atoms with Gasteiger partial charge in [0.2, 0.25) is 0 Å². The van der Waals surface area contributed by atoms with Gasteiger partial charge in [0, 0.05) is 27.4 Å². The third kappa shape index (κ3) is 5.65. The smallest absolute Gasteiger partial charge is 0.499 e. The molecule has 100 valence electrons. The molecular formula is C11H22O5Si. The van der Waals surface area contributed by atoms with Crippen molar-refractivity contribution in [3.63, 3.8) is 0 Å². The van der Waals surface area contributed by atoms with Gasteiger partial charge in [-0.25, -0.2) is 0 Å². The van der Waals surface area contributed by atoms with Crippen molar-refractivity contribution in [1.29, 1.82) is 0 Å². The Kier molecular flexibility index (Phi) is 6.75. The molecule has 1 unspecified atom stereocenters. The minimum atomic E-state index is -2.39. The van der Waals surface area contributed by atoms with Crippen molar-refractivity contribution in [2.45, 2.75) is 25.0 Å². The lowest BCUT2D eigenvalue weighted by molar-refractivity contribution is 0.123. The summed E-state index contributed by atoms with van der Waals surface area (Å²) in [5.74, 6) is 0. The highest BCUT2D eigenvalue weighted by Crippen LogP contribution is 2.16. The molecule has 1 aliphatic heterocycles. The van der Waals surface area contributed by atoms with Gasteiger partial charge in [0.25, 0.3) is 0 Å². The first-order valence-corrected chi connectivity index (χ1v) is 7.73. The molecule has 1 fully saturated rings. The summed E-state index contributed by atoms with van der Waals surface area (Å²) in [6.07, 6.45) is 5.94. The van der Waals surface area contributed by atoms with E-state index in [4.69, 9.17) is 22.8 Å². The fourth-order valence-electron chi connectivity index (χ4n) is 1.46. The second-order valence-corrected chi connectivity index (χ2v) is 6.94. The van der Waals surface area contributed by atoms with E-state index in [2.05, 4.69) is 0 Å². The van der Waals surface area contributed by atoms with Gasteiger partial charge in [-0.15, -0.1) is 0 Å². The molecule has 1 rings (SSSR count). The standard InChI is InChI=1S/C11H22O5Si/c1-12-17(13-2,14-3)8-6-4-5-7-15-9-11-10-16-11/h5,7,11H,4,6,8-10H2,1-3H3/b7-5+. The third-order valence-electron chi connectivity index (χ3n) is 2.66. The Morgan fingerprint density at radius 1 is 1.24 bits per heavy atom. The van der Waals surface area contributed by atoms with Crippen LogP contribution in [0, 0.1) is 0 Å². The van der Waals surface area contributed by atoms with Crippen LogP contribution in [0.25, 0.3) is 0 Å². The average molecular weight is 262 g/mol. The van der Waals surface area contributed by atoms with E-state index in [1.54, 1.807) is 27.6 Å². The summed E-state index contributed by atoms with van der Waals surface area (Å²) in [7, 11) is 2.51. The van der Waals surface area contributed by atoms with Gasteiger partial charge in [0.15, 0.2) is 0 Å². The SMILES string of the molecule is CO[Si](CCC/C=C/OCC1CO1)(OC)OC. The molecule has 0 aromatic rings. The maximum Gasteiger partial charge on any atom is 0.500 e. The Morgan fingerprint density at radius 2 is 1.88 bits per heavy atom. The van der Waals surface area contributed by atoms with Crippen LogP contribution in [0.2, 0.25) is 6.04 Å². The molecule has 1 atom stereocenters. The van der Waals surface area contributed by atoms with Crippen LogP contribution in [0.5, 0.6) is 0 Å². The predicted octanol–water partition coefficient (Wildman–Crippen LogP) is 1.57. The van der Waals surface area contributed by atoms with Gasteiger partial charge >= 0.3 is 8.80 Å². The molecule has 1 saturated heterocycles. The monoisotopic (exact) mass is 262 g/mol. The maximum absolute atomic E-state index is 5.33. The van der Waals surface area contributed by atoms with Crippen molar-refractivity contribution >= 4 is 8.80 Å². The number of hydrogen-bond donors (Lipinski definition) is 0. The van der Waals surface area contributed by atoms with E-state index in [0.717, 1.165) is 25.5 Å². The molecule has 6 heteroatoms.